The van der Waals surface area contributed by atoms with E-state index in [-0.39, 0.29) is 32.7 Å². The molecule has 0 saturated carbocycles. The van der Waals surface area contributed by atoms with Crippen molar-refractivity contribution in [3.8, 4) is 0 Å². The first-order valence-corrected chi connectivity index (χ1v) is 7.40. The second-order valence-electron chi connectivity index (χ2n) is 5.57. The Kier molecular flexibility index (Phi) is 7.79. The Morgan fingerprint density at radius 3 is 1.45 bits per heavy atom. The normalized spacial score (nSPS) is 15.6. The summed E-state index contributed by atoms with van der Waals surface area (Å²) in [5.41, 5.74) is 6.39. The van der Waals surface area contributed by atoms with Crippen molar-refractivity contribution in [3.63, 3.8) is 0 Å². The fraction of sp³-hybridized carbons (Fsp3) is 0.444. The minimum atomic E-state index is 0. The zero-order valence-electron chi connectivity index (χ0n) is 12.6. The molecule has 0 N–H and O–H groups in total. The van der Waals surface area contributed by atoms with Crippen molar-refractivity contribution >= 4 is 11.0 Å². The van der Waals surface area contributed by atoms with E-state index in [0.717, 1.165) is 0 Å². The molecule has 0 fully saturated rings. The average molecular weight is 317 g/mol. The van der Waals surface area contributed by atoms with E-state index >= 15 is 0 Å². The summed E-state index contributed by atoms with van der Waals surface area (Å²) in [5, 5.41) is 0. The van der Waals surface area contributed by atoms with Gasteiger partial charge in [-0.15, -0.1) is 0 Å². The topological polar surface area (TPSA) is 0 Å². The molecule has 0 bridgehead atoms. The van der Waals surface area contributed by atoms with Crippen molar-refractivity contribution in [2.24, 2.45) is 0 Å². The van der Waals surface area contributed by atoms with Crippen LogP contribution in [0.5, 0.6) is 0 Å². The quantitative estimate of drug-likeness (QED) is 0.516. The molecule has 2 aromatic rings. The van der Waals surface area contributed by atoms with Gasteiger partial charge >= 0.3 is 21.7 Å². The molecule has 2 aliphatic carbocycles. The number of hydrogen-bond donors (Lipinski definition) is 0. The number of rotatable bonds is 0. The smallest absolute Gasteiger partial charge is 0.210 e. The monoisotopic (exact) mass is 317 g/mol. The molecule has 0 spiro atoms. The summed E-state index contributed by atoms with van der Waals surface area (Å²) in [6, 6.07) is 13.4. The summed E-state index contributed by atoms with van der Waals surface area (Å²) in [5.74, 6) is 0. The van der Waals surface area contributed by atoms with Crippen LogP contribution in [-0.4, -0.2) is 11.0 Å². The summed E-state index contributed by atoms with van der Waals surface area (Å²) >= 11 is 0. The van der Waals surface area contributed by atoms with Gasteiger partial charge in [0.25, 0.3) is 0 Å². The van der Waals surface area contributed by atoms with Gasteiger partial charge in [-0.2, -0.15) is 46.5 Å². The van der Waals surface area contributed by atoms with Gasteiger partial charge in [-0.1, -0.05) is 51.4 Å². The van der Waals surface area contributed by atoms with Crippen LogP contribution in [0.2, 0.25) is 0 Å². The third kappa shape index (κ3) is 4.31. The number of aryl methyl sites for hydroxylation is 4. The third-order valence-corrected chi connectivity index (χ3v) is 4.30. The van der Waals surface area contributed by atoms with Crippen LogP contribution in [0, 0.1) is 0 Å². The molecule has 0 heterocycles. The van der Waals surface area contributed by atoms with Crippen LogP contribution in [-0.2, 0) is 47.4 Å². The van der Waals surface area contributed by atoms with Crippen LogP contribution >= 0.6 is 0 Å². The van der Waals surface area contributed by atoms with Gasteiger partial charge in [0.1, 0.15) is 0 Å². The molecule has 0 saturated heterocycles. The van der Waals surface area contributed by atoms with Crippen molar-refractivity contribution in [1.82, 2.24) is 0 Å². The zero-order valence-corrected chi connectivity index (χ0v) is 16.2. The first-order valence-electron chi connectivity index (χ1n) is 7.40. The number of fused-ring (bicyclic) bond motifs is 2. The Morgan fingerprint density at radius 2 is 1.05 bits per heavy atom. The first-order chi connectivity index (χ1) is 8.93. The Balaban J connectivity index is 0.000000182. The van der Waals surface area contributed by atoms with Gasteiger partial charge in [-0.05, 0) is 11.0 Å². The maximum absolute atomic E-state index is 2.26. The fourth-order valence-electron chi connectivity index (χ4n) is 3.23. The predicted molar refractivity (Wildman–Crippen MR) is 87.3 cm³/mol. The Bertz CT molecular complexity index is 408. The van der Waals surface area contributed by atoms with E-state index in [9.17, 15) is 0 Å². The minimum Gasteiger partial charge on any atom is -0.210 e. The summed E-state index contributed by atoms with van der Waals surface area (Å²) in [6.07, 6.45) is 10.9. The van der Waals surface area contributed by atoms with Gasteiger partial charge < -0.3 is 0 Å². The fourth-order valence-corrected chi connectivity index (χ4v) is 3.23. The second-order valence-corrected chi connectivity index (χ2v) is 5.57. The number of hydrogen-bond acceptors (Lipinski definition) is 0. The first kappa shape index (κ1) is 17.7. The second kappa shape index (κ2) is 8.82. The van der Waals surface area contributed by atoms with Crippen molar-refractivity contribution in [3.05, 3.63) is 58.7 Å². The average Bonchev–Trinajstić information content (AvgIpc) is 3.08. The molecule has 0 unspecified atom stereocenters. The third-order valence-electron chi connectivity index (χ3n) is 4.30. The van der Waals surface area contributed by atoms with Crippen molar-refractivity contribution in [2.75, 3.05) is 0 Å². The molecule has 2 aliphatic rings. The van der Waals surface area contributed by atoms with Gasteiger partial charge in [-0.3, -0.25) is 0 Å². The van der Waals surface area contributed by atoms with Crippen LogP contribution in [0.4, 0.5) is 0 Å². The van der Waals surface area contributed by atoms with Gasteiger partial charge in [0.15, 0.2) is 0 Å². The van der Waals surface area contributed by atoms with Crippen molar-refractivity contribution in [2.45, 2.75) is 51.4 Å². The van der Waals surface area contributed by atoms with E-state index in [2.05, 4.69) is 36.4 Å². The van der Waals surface area contributed by atoms with E-state index in [1.165, 1.54) is 51.4 Å². The molecule has 0 aromatic heterocycles. The van der Waals surface area contributed by atoms with Gasteiger partial charge in [-0.25, -0.2) is 12.1 Å². The summed E-state index contributed by atoms with van der Waals surface area (Å²) in [7, 11) is 0. The molecule has 1 radical (unpaired) electrons. The summed E-state index contributed by atoms with van der Waals surface area (Å²) in [4.78, 5) is 0. The van der Waals surface area contributed by atoms with E-state index < -0.39 is 0 Å². The van der Waals surface area contributed by atoms with Crippen molar-refractivity contribution < 1.29 is 21.7 Å². The summed E-state index contributed by atoms with van der Waals surface area (Å²) < 4.78 is 0. The van der Waals surface area contributed by atoms with Crippen LogP contribution in [0.1, 0.15) is 47.9 Å². The predicted octanol–water partition coefficient (Wildman–Crippen LogP) is 3.38. The Hall–Kier alpha value is -0.369. The van der Waals surface area contributed by atoms with Crippen LogP contribution in [0.15, 0.2) is 36.4 Å². The molecule has 105 valence electrons. The molecule has 0 atom stereocenters. The van der Waals surface area contributed by atoms with Gasteiger partial charge in [0, 0.05) is 0 Å². The van der Waals surface area contributed by atoms with Crippen LogP contribution < -0.4 is 0 Å². The van der Waals surface area contributed by atoms with Gasteiger partial charge in [0.2, 0.25) is 0 Å². The maximum atomic E-state index is 2.26. The summed E-state index contributed by atoms with van der Waals surface area (Å²) in [6.45, 7) is 0. The molecule has 0 amide bonds. The van der Waals surface area contributed by atoms with Crippen LogP contribution in [0.3, 0.4) is 0 Å². The molecular formula is C18H25SiTi. The molecule has 4 rings (SSSR count). The van der Waals surface area contributed by atoms with E-state index in [1.54, 1.807) is 22.3 Å². The molecular weight excluding hydrogens is 292 g/mol. The van der Waals surface area contributed by atoms with Crippen molar-refractivity contribution in [1.29, 1.82) is 0 Å². The minimum absolute atomic E-state index is 0. The largest absolute Gasteiger partial charge is 2.00 e. The SMILES string of the molecule is [SiH3].[Ti+2].c1cc2c([cH-]1)CCCC2.c1cc2c([cH-]1)CCCC2. The molecule has 0 aliphatic heterocycles. The van der Waals surface area contributed by atoms with E-state index in [0.29, 0.717) is 0 Å². The van der Waals surface area contributed by atoms with Gasteiger partial charge in [0.05, 0.1) is 0 Å². The Morgan fingerprint density at radius 1 is 0.650 bits per heavy atom. The maximum Gasteiger partial charge on any atom is 2.00 e. The molecule has 20 heavy (non-hydrogen) atoms. The molecule has 2 aromatic carbocycles. The molecule has 2 heteroatoms. The zero-order chi connectivity index (χ0) is 12.2. The molecule has 0 nitrogen and oxygen atoms in total. The standard InChI is InChI=1S/2C9H11.H3Si.Ti/c2*1-2-5-9-7-3-6-8(9)4-1;;/h2*3,6-7H,1-2,4-5H2;1H3;/q2*-1;;+2. The van der Waals surface area contributed by atoms with E-state index in [4.69, 9.17) is 0 Å². The van der Waals surface area contributed by atoms with E-state index in [1.807, 2.05) is 0 Å². The Labute approximate surface area is 142 Å². The van der Waals surface area contributed by atoms with Crippen LogP contribution in [0.25, 0.3) is 0 Å².